The smallest absolute Gasteiger partial charge is 0.358 e. The topological polar surface area (TPSA) is 104 Å². The monoisotopic (exact) mass is 508 g/mol. The van der Waals surface area contributed by atoms with Crippen molar-refractivity contribution in [3.8, 4) is 5.88 Å². The first-order chi connectivity index (χ1) is 17.3. The largest absolute Gasteiger partial charge is 0.476 e. The van der Waals surface area contributed by atoms with Crippen LogP contribution in [-0.2, 0) is 11.8 Å². The minimum atomic E-state index is -0.646. The number of nitrogens with zero attached hydrogens (tertiary/aromatic N) is 5. The Bertz CT molecular complexity index is 1520. The third-order valence-corrected chi connectivity index (χ3v) is 6.00. The summed E-state index contributed by atoms with van der Waals surface area (Å²) in [5, 5.41) is 7.57. The molecule has 1 N–H and O–H groups in total. The van der Waals surface area contributed by atoms with E-state index in [0.717, 1.165) is 11.1 Å². The highest BCUT2D eigenvalue weighted by molar-refractivity contribution is 6.29. The number of aromatic nitrogens is 5. The number of hydrogen-bond donors (Lipinski definition) is 1. The SMILES string of the molecule is COC(=O)c1nc(Cl)ccc1N[C@H](C)c1cc(F)cc2nc3c(nc12)C(=Cc1cnn(C)c1)CCO3. The predicted molar refractivity (Wildman–Crippen MR) is 133 cm³/mol. The zero-order valence-electron chi connectivity index (χ0n) is 19.7. The molecule has 1 atom stereocenters. The number of aryl methyl sites for hydroxylation is 1. The summed E-state index contributed by atoms with van der Waals surface area (Å²) < 4.78 is 27.0. The number of carbonyl (C=O) groups excluding carboxylic acids is 1. The molecule has 3 aromatic heterocycles. The molecular formula is C25H22ClFN6O3. The molecular weight excluding hydrogens is 487 g/mol. The van der Waals surface area contributed by atoms with Crippen LogP contribution in [0.25, 0.3) is 22.7 Å². The van der Waals surface area contributed by atoms with E-state index in [1.54, 1.807) is 23.0 Å². The van der Waals surface area contributed by atoms with Crippen LogP contribution >= 0.6 is 11.6 Å². The van der Waals surface area contributed by atoms with Crippen molar-refractivity contribution < 1.29 is 18.7 Å². The molecule has 0 bridgehead atoms. The lowest BCUT2D eigenvalue weighted by Gasteiger charge is -2.22. The number of halogens is 2. The average Bonchev–Trinajstić information content (AvgIpc) is 3.27. The van der Waals surface area contributed by atoms with Gasteiger partial charge in [0.1, 0.15) is 16.7 Å². The van der Waals surface area contributed by atoms with E-state index in [1.165, 1.54) is 19.2 Å². The minimum Gasteiger partial charge on any atom is -0.476 e. The third-order valence-electron chi connectivity index (χ3n) is 5.79. The maximum atomic E-state index is 14.6. The van der Waals surface area contributed by atoms with E-state index in [2.05, 4.69) is 20.4 Å². The summed E-state index contributed by atoms with van der Waals surface area (Å²) in [7, 11) is 3.11. The number of methoxy groups -OCH3 is 1. The molecule has 4 heterocycles. The summed E-state index contributed by atoms with van der Waals surface area (Å²) in [6.07, 6.45) is 6.32. The molecule has 184 valence electrons. The summed E-state index contributed by atoms with van der Waals surface area (Å²) in [6.45, 7) is 2.27. The molecule has 0 saturated carbocycles. The highest BCUT2D eigenvalue weighted by Crippen LogP contribution is 2.35. The number of hydrogen-bond acceptors (Lipinski definition) is 8. The van der Waals surface area contributed by atoms with Crippen molar-refractivity contribution in [2.24, 2.45) is 7.05 Å². The molecule has 5 rings (SSSR count). The van der Waals surface area contributed by atoms with Gasteiger partial charge >= 0.3 is 5.97 Å². The highest BCUT2D eigenvalue weighted by atomic mass is 35.5. The number of nitrogens with one attached hydrogen (secondary N) is 1. The number of anilines is 1. The Labute approximate surface area is 210 Å². The van der Waals surface area contributed by atoms with Gasteiger partial charge in [-0.3, -0.25) is 4.68 Å². The van der Waals surface area contributed by atoms with Gasteiger partial charge < -0.3 is 14.8 Å². The Balaban J connectivity index is 1.59. The van der Waals surface area contributed by atoms with Gasteiger partial charge in [-0.1, -0.05) is 11.6 Å². The van der Waals surface area contributed by atoms with Gasteiger partial charge in [0.25, 0.3) is 0 Å². The van der Waals surface area contributed by atoms with Crippen molar-refractivity contribution in [3.05, 3.63) is 70.1 Å². The zero-order valence-corrected chi connectivity index (χ0v) is 20.5. The molecule has 0 aliphatic carbocycles. The number of esters is 1. The Morgan fingerprint density at radius 3 is 2.89 bits per heavy atom. The molecule has 0 unspecified atom stereocenters. The van der Waals surface area contributed by atoms with Crippen LogP contribution in [-0.4, -0.2) is 44.4 Å². The molecule has 1 aliphatic rings. The van der Waals surface area contributed by atoms with Gasteiger partial charge in [-0.25, -0.2) is 24.1 Å². The van der Waals surface area contributed by atoms with E-state index >= 15 is 0 Å². The number of carbonyl (C=O) groups is 1. The standard InChI is InChI=1S/C25H22ClFN6O3/c1-13(29-18-4-5-20(26)31-23(18)25(34)35-3)17-9-16(27)10-19-22(17)32-21-15(6-7-36-24(21)30-19)8-14-11-28-33(2)12-14/h4-5,8-13,29H,6-7H2,1-3H3/t13-/m1/s1. The Morgan fingerprint density at radius 1 is 1.31 bits per heavy atom. The van der Waals surface area contributed by atoms with E-state index in [-0.39, 0.29) is 10.8 Å². The van der Waals surface area contributed by atoms with Crippen LogP contribution < -0.4 is 10.1 Å². The summed E-state index contributed by atoms with van der Waals surface area (Å²) in [4.78, 5) is 25.8. The van der Waals surface area contributed by atoms with Crippen LogP contribution in [0.15, 0.2) is 36.7 Å². The van der Waals surface area contributed by atoms with E-state index in [9.17, 15) is 9.18 Å². The van der Waals surface area contributed by atoms with Gasteiger partial charge in [-0.15, -0.1) is 0 Å². The predicted octanol–water partition coefficient (Wildman–Crippen LogP) is 4.83. The molecule has 0 saturated heterocycles. The molecule has 36 heavy (non-hydrogen) atoms. The van der Waals surface area contributed by atoms with Crippen LogP contribution in [0.2, 0.25) is 5.15 Å². The van der Waals surface area contributed by atoms with Gasteiger partial charge in [-0.2, -0.15) is 5.10 Å². The molecule has 0 radical (unpaired) electrons. The molecule has 9 nitrogen and oxygen atoms in total. The molecule has 0 amide bonds. The normalized spacial score (nSPS) is 14.9. The molecule has 0 spiro atoms. The number of benzene rings is 1. The van der Waals surface area contributed by atoms with Crippen molar-refractivity contribution in [1.29, 1.82) is 0 Å². The van der Waals surface area contributed by atoms with Crippen molar-refractivity contribution in [1.82, 2.24) is 24.7 Å². The van der Waals surface area contributed by atoms with Crippen molar-refractivity contribution in [2.45, 2.75) is 19.4 Å². The Hall–Kier alpha value is -4.05. The lowest BCUT2D eigenvalue weighted by atomic mass is 10.0. The fourth-order valence-corrected chi connectivity index (χ4v) is 4.27. The number of rotatable bonds is 5. The first kappa shape index (κ1) is 23.7. The Morgan fingerprint density at radius 2 is 2.14 bits per heavy atom. The Kier molecular flexibility index (Phi) is 6.27. The number of fused-ring (bicyclic) bond motifs is 2. The second-order valence-electron chi connectivity index (χ2n) is 8.34. The quantitative estimate of drug-likeness (QED) is 0.302. The maximum absolute atomic E-state index is 14.6. The first-order valence-corrected chi connectivity index (χ1v) is 11.5. The fourth-order valence-electron chi connectivity index (χ4n) is 4.12. The minimum absolute atomic E-state index is 0.0242. The van der Waals surface area contributed by atoms with Crippen LogP contribution in [0.1, 0.15) is 46.7 Å². The molecule has 0 fully saturated rings. The molecule has 1 aromatic carbocycles. The van der Waals surface area contributed by atoms with Crippen LogP contribution in [0.5, 0.6) is 5.88 Å². The molecule has 1 aliphatic heterocycles. The van der Waals surface area contributed by atoms with Crippen LogP contribution in [0, 0.1) is 5.82 Å². The van der Waals surface area contributed by atoms with E-state index in [4.69, 9.17) is 26.1 Å². The van der Waals surface area contributed by atoms with Crippen molar-refractivity contribution in [3.63, 3.8) is 0 Å². The number of pyridine rings is 1. The van der Waals surface area contributed by atoms with Gasteiger partial charge in [0, 0.05) is 36.9 Å². The van der Waals surface area contributed by atoms with E-state index in [1.807, 2.05) is 26.2 Å². The van der Waals surface area contributed by atoms with Gasteiger partial charge in [0.2, 0.25) is 5.88 Å². The first-order valence-electron chi connectivity index (χ1n) is 11.2. The van der Waals surface area contributed by atoms with Gasteiger partial charge in [0.15, 0.2) is 5.69 Å². The zero-order chi connectivity index (χ0) is 25.4. The number of ether oxygens (including phenoxy) is 2. The maximum Gasteiger partial charge on any atom is 0.358 e. The van der Waals surface area contributed by atoms with Gasteiger partial charge in [-0.05, 0) is 36.8 Å². The van der Waals surface area contributed by atoms with Crippen molar-refractivity contribution in [2.75, 3.05) is 19.0 Å². The van der Waals surface area contributed by atoms with Crippen LogP contribution in [0.4, 0.5) is 10.1 Å². The third kappa shape index (κ3) is 4.59. The van der Waals surface area contributed by atoms with Crippen LogP contribution in [0.3, 0.4) is 0 Å². The summed E-state index contributed by atoms with van der Waals surface area (Å²) in [6, 6.07) is 5.42. The molecule has 11 heteroatoms. The van der Waals surface area contributed by atoms with E-state index in [0.29, 0.717) is 46.9 Å². The summed E-state index contributed by atoms with van der Waals surface area (Å²) >= 11 is 5.97. The second-order valence-corrected chi connectivity index (χ2v) is 8.73. The average molecular weight is 509 g/mol. The highest BCUT2D eigenvalue weighted by Gasteiger charge is 2.24. The van der Waals surface area contributed by atoms with Gasteiger partial charge in [0.05, 0.1) is 42.7 Å². The molecule has 4 aromatic rings. The lowest BCUT2D eigenvalue weighted by Crippen LogP contribution is -2.15. The lowest BCUT2D eigenvalue weighted by molar-refractivity contribution is 0.0595. The van der Waals surface area contributed by atoms with E-state index < -0.39 is 17.8 Å². The van der Waals surface area contributed by atoms with Crippen molar-refractivity contribution >= 4 is 45.9 Å². The summed E-state index contributed by atoms with van der Waals surface area (Å²) in [5.74, 6) is -0.756. The second kappa shape index (κ2) is 9.54. The fraction of sp³-hybridized carbons (Fsp3) is 0.240. The summed E-state index contributed by atoms with van der Waals surface area (Å²) in [5.41, 5.74) is 4.32.